The van der Waals surface area contributed by atoms with Crippen LogP contribution in [0.25, 0.3) is 23.2 Å². The first-order valence-corrected chi connectivity index (χ1v) is 9.25. The van der Waals surface area contributed by atoms with Crippen LogP contribution in [0.2, 0.25) is 0 Å². The minimum Gasteiger partial charge on any atom is -0.465 e. The van der Waals surface area contributed by atoms with E-state index in [-0.39, 0.29) is 11.3 Å². The van der Waals surface area contributed by atoms with Crippen LogP contribution in [0.3, 0.4) is 0 Å². The molecule has 0 radical (unpaired) electrons. The number of nitrogens with zero attached hydrogens (tertiary/aromatic N) is 4. The lowest BCUT2D eigenvalue weighted by atomic mass is 10.1. The number of ether oxygens (including phenoxy) is 1. The summed E-state index contributed by atoms with van der Waals surface area (Å²) < 4.78 is 11.5. The first-order chi connectivity index (χ1) is 15.2. The van der Waals surface area contributed by atoms with Gasteiger partial charge in [0.2, 0.25) is 0 Å². The second-order valence-corrected chi connectivity index (χ2v) is 6.32. The van der Waals surface area contributed by atoms with Gasteiger partial charge < -0.3 is 14.5 Å². The van der Waals surface area contributed by atoms with Gasteiger partial charge >= 0.3 is 5.97 Å². The molecule has 1 N–H and O–H groups in total. The lowest BCUT2D eigenvalue weighted by Gasteiger charge is -2.12. The van der Waals surface area contributed by atoms with Crippen LogP contribution in [0, 0.1) is 0 Å². The first-order valence-electron chi connectivity index (χ1n) is 9.25. The Morgan fingerprint density at radius 3 is 2.55 bits per heavy atom. The number of amides is 1. The Morgan fingerprint density at radius 2 is 1.81 bits per heavy atom. The molecule has 1 amide bonds. The van der Waals surface area contributed by atoms with Crippen LogP contribution in [0.1, 0.15) is 16.1 Å². The van der Waals surface area contributed by atoms with Crippen molar-refractivity contribution in [2.24, 2.45) is 0 Å². The number of methoxy groups -OCH3 is 1. The maximum Gasteiger partial charge on any atom is 0.339 e. The zero-order valence-corrected chi connectivity index (χ0v) is 16.4. The number of carbonyl (C=O) groups is 2. The van der Waals surface area contributed by atoms with Crippen LogP contribution in [0.4, 0.5) is 5.69 Å². The molecule has 0 unspecified atom stereocenters. The van der Waals surface area contributed by atoms with Crippen LogP contribution >= 0.6 is 0 Å². The molecule has 9 heteroatoms. The highest BCUT2D eigenvalue weighted by molar-refractivity contribution is 6.25. The van der Waals surface area contributed by atoms with Gasteiger partial charge in [-0.15, -0.1) is 5.10 Å². The van der Waals surface area contributed by atoms with Crippen molar-refractivity contribution in [1.82, 2.24) is 20.2 Å². The van der Waals surface area contributed by atoms with E-state index in [4.69, 9.17) is 9.15 Å². The Hall–Kier alpha value is -4.53. The van der Waals surface area contributed by atoms with Gasteiger partial charge in [0.05, 0.1) is 24.6 Å². The maximum absolute atomic E-state index is 13.3. The Labute approximate surface area is 177 Å². The Morgan fingerprint density at radius 1 is 1.03 bits per heavy atom. The van der Waals surface area contributed by atoms with Crippen molar-refractivity contribution in [1.29, 1.82) is 0 Å². The average molecular weight is 415 g/mol. The fraction of sp³-hybridized carbons (Fsp3) is 0.0455. The first kappa shape index (κ1) is 19.8. The number of hydrogen-bond donors (Lipinski definition) is 1. The molecule has 0 spiro atoms. The van der Waals surface area contributed by atoms with Crippen molar-refractivity contribution in [3.8, 4) is 11.4 Å². The molecule has 9 nitrogen and oxygen atoms in total. The molecule has 2 aromatic heterocycles. The van der Waals surface area contributed by atoms with Crippen LogP contribution in [0.5, 0.6) is 0 Å². The zero-order chi connectivity index (χ0) is 21.6. The van der Waals surface area contributed by atoms with Gasteiger partial charge in [-0.3, -0.25) is 4.79 Å². The highest BCUT2D eigenvalue weighted by Gasteiger charge is 2.22. The number of aromatic nitrogens is 4. The molecule has 2 heterocycles. The van der Waals surface area contributed by atoms with Gasteiger partial charge in [-0.2, -0.15) is 4.68 Å². The highest BCUT2D eigenvalue weighted by Crippen LogP contribution is 2.23. The number of esters is 1. The van der Waals surface area contributed by atoms with Gasteiger partial charge in [0.1, 0.15) is 11.5 Å². The lowest BCUT2D eigenvalue weighted by Crippen LogP contribution is -2.21. The van der Waals surface area contributed by atoms with Crippen molar-refractivity contribution in [3.05, 3.63) is 84.3 Å². The quantitative estimate of drug-likeness (QED) is 0.380. The van der Waals surface area contributed by atoms with Crippen LogP contribution < -0.4 is 5.32 Å². The molecular formula is C22H17N5O4. The van der Waals surface area contributed by atoms with E-state index in [9.17, 15) is 9.59 Å². The summed E-state index contributed by atoms with van der Waals surface area (Å²) in [5, 5.41) is 14.5. The molecular weight excluding hydrogens is 398 g/mol. The largest absolute Gasteiger partial charge is 0.465 e. The fourth-order valence-electron chi connectivity index (χ4n) is 2.91. The zero-order valence-electron chi connectivity index (χ0n) is 16.4. The monoisotopic (exact) mass is 415 g/mol. The Bertz CT molecular complexity index is 1230. The van der Waals surface area contributed by atoms with Crippen molar-refractivity contribution < 1.29 is 18.7 Å². The topological polar surface area (TPSA) is 112 Å². The number of carbonyl (C=O) groups excluding carboxylic acids is 2. The predicted octanol–water partition coefficient (Wildman–Crippen LogP) is 3.36. The smallest absolute Gasteiger partial charge is 0.339 e. The second kappa shape index (κ2) is 8.87. The average Bonchev–Trinajstić information content (AvgIpc) is 3.50. The van der Waals surface area contributed by atoms with E-state index in [0.29, 0.717) is 17.3 Å². The molecule has 0 aliphatic rings. The van der Waals surface area contributed by atoms with Gasteiger partial charge in [-0.1, -0.05) is 42.5 Å². The summed E-state index contributed by atoms with van der Waals surface area (Å²) in [5.74, 6) is -0.312. The minimum atomic E-state index is -0.570. The van der Waals surface area contributed by atoms with Crippen LogP contribution in [-0.4, -0.2) is 39.2 Å². The summed E-state index contributed by atoms with van der Waals surface area (Å²) in [6.45, 7) is 0. The van der Waals surface area contributed by atoms with E-state index in [1.54, 1.807) is 36.4 Å². The summed E-state index contributed by atoms with van der Waals surface area (Å²) in [4.78, 5) is 25.4. The third kappa shape index (κ3) is 4.25. The summed E-state index contributed by atoms with van der Waals surface area (Å²) in [7, 11) is 1.27. The van der Waals surface area contributed by atoms with E-state index >= 15 is 0 Å². The SMILES string of the molecule is COC(=O)c1ccccc1NC(=O)/C(=C/c1ccco1)n1nnnc1-c1ccccc1. The summed E-state index contributed by atoms with van der Waals surface area (Å²) in [6.07, 6.45) is 3.00. The molecule has 31 heavy (non-hydrogen) atoms. The molecule has 0 bridgehead atoms. The Balaban J connectivity index is 1.76. The molecule has 2 aromatic carbocycles. The third-order valence-electron chi connectivity index (χ3n) is 4.37. The van der Waals surface area contributed by atoms with E-state index in [1.165, 1.54) is 24.1 Å². The second-order valence-electron chi connectivity index (χ2n) is 6.32. The number of furan rings is 1. The Kier molecular flexibility index (Phi) is 5.66. The van der Waals surface area contributed by atoms with E-state index < -0.39 is 11.9 Å². The van der Waals surface area contributed by atoms with Crippen LogP contribution in [-0.2, 0) is 9.53 Å². The normalized spacial score (nSPS) is 11.2. The molecule has 4 rings (SSSR count). The molecule has 0 aliphatic carbocycles. The van der Waals surface area contributed by atoms with Crippen LogP contribution in [0.15, 0.2) is 77.4 Å². The van der Waals surface area contributed by atoms with Gasteiger partial charge in [0, 0.05) is 11.6 Å². The minimum absolute atomic E-state index is 0.0958. The van der Waals surface area contributed by atoms with E-state index in [0.717, 1.165) is 5.56 Å². The number of hydrogen-bond acceptors (Lipinski definition) is 7. The van der Waals surface area contributed by atoms with Crippen molar-refractivity contribution >= 4 is 29.3 Å². The standard InChI is InChI=1S/C22H17N5O4/c1-30-22(29)17-11-5-6-12-18(17)23-21(28)19(14-16-10-7-13-31-16)27-20(24-25-26-27)15-8-3-2-4-9-15/h2-14H,1H3,(H,23,28)/b19-14-. The number of rotatable bonds is 6. The summed E-state index contributed by atoms with van der Waals surface area (Å²) >= 11 is 0. The predicted molar refractivity (Wildman–Crippen MR) is 113 cm³/mol. The molecule has 4 aromatic rings. The van der Waals surface area contributed by atoms with Gasteiger partial charge in [0.25, 0.3) is 5.91 Å². The molecule has 0 fully saturated rings. The number of benzene rings is 2. The molecule has 0 saturated carbocycles. The third-order valence-corrected chi connectivity index (χ3v) is 4.37. The van der Waals surface area contributed by atoms with E-state index in [2.05, 4.69) is 20.8 Å². The van der Waals surface area contributed by atoms with Crippen molar-refractivity contribution in [3.63, 3.8) is 0 Å². The molecule has 0 saturated heterocycles. The number of anilines is 1. The molecule has 154 valence electrons. The van der Waals surface area contributed by atoms with E-state index in [1.807, 2.05) is 30.3 Å². The van der Waals surface area contributed by atoms with Gasteiger partial charge in [0.15, 0.2) is 5.82 Å². The van der Waals surface area contributed by atoms with Gasteiger partial charge in [-0.25, -0.2) is 4.79 Å². The number of tetrazole rings is 1. The molecule has 0 aliphatic heterocycles. The molecule has 0 atom stereocenters. The fourth-order valence-corrected chi connectivity index (χ4v) is 2.91. The summed E-state index contributed by atoms with van der Waals surface area (Å²) in [6, 6.07) is 19.2. The van der Waals surface area contributed by atoms with Crippen molar-refractivity contribution in [2.45, 2.75) is 0 Å². The van der Waals surface area contributed by atoms with Crippen molar-refractivity contribution in [2.75, 3.05) is 12.4 Å². The number of nitrogens with one attached hydrogen (secondary N) is 1. The highest BCUT2D eigenvalue weighted by atomic mass is 16.5. The lowest BCUT2D eigenvalue weighted by molar-refractivity contribution is -0.111. The number of para-hydroxylation sites is 1. The summed E-state index contributed by atoms with van der Waals surface area (Å²) in [5.41, 5.74) is 1.33. The van der Waals surface area contributed by atoms with Gasteiger partial charge in [-0.05, 0) is 34.7 Å². The maximum atomic E-state index is 13.3.